The molecular weight excluding hydrogens is 436 g/mol. The smallest absolute Gasteiger partial charge is 0.266 e. The summed E-state index contributed by atoms with van der Waals surface area (Å²) in [6, 6.07) is 12.7. The molecule has 0 saturated carbocycles. The average molecular weight is 467 g/mol. The molecule has 0 spiro atoms. The number of benzene rings is 2. The van der Waals surface area contributed by atoms with Crippen molar-refractivity contribution in [1.29, 1.82) is 0 Å². The molecule has 0 aliphatic heterocycles. The lowest BCUT2D eigenvalue weighted by Gasteiger charge is -2.18. The quantitative estimate of drug-likeness (QED) is 0.237. The highest BCUT2D eigenvalue weighted by molar-refractivity contribution is 7.87. The lowest BCUT2D eigenvalue weighted by Crippen LogP contribution is -2.21. The molecule has 1 atom stereocenters. The summed E-state index contributed by atoms with van der Waals surface area (Å²) in [6.07, 6.45) is 4.09. The second kappa shape index (κ2) is 11.6. The minimum atomic E-state index is -3.97. The summed E-state index contributed by atoms with van der Waals surface area (Å²) >= 11 is 0. The number of hydrogen-bond acceptors (Lipinski definition) is 6. The van der Waals surface area contributed by atoms with Gasteiger partial charge < -0.3 is 0 Å². The van der Waals surface area contributed by atoms with Crippen LogP contribution in [0.15, 0.2) is 71.0 Å². The Hall–Kier alpha value is -2.00. The monoisotopic (exact) mass is 466 g/mol. The first kappa shape index (κ1) is 25.3. The minimum absolute atomic E-state index is 0.0637. The molecule has 31 heavy (non-hydrogen) atoms. The van der Waals surface area contributed by atoms with E-state index < -0.39 is 26.3 Å². The summed E-state index contributed by atoms with van der Waals surface area (Å²) in [5.41, 5.74) is 1.88. The van der Waals surface area contributed by atoms with Crippen molar-refractivity contribution in [3.8, 4) is 0 Å². The fourth-order valence-corrected chi connectivity index (χ4v) is 4.96. The van der Waals surface area contributed by atoms with E-state index in [0.717, 1.165) is 30.4 Å². The SMILES string of the molecule is C=CCCCCC(CCOS(=O)(=O)c1ccc(C)cc1)OS(=O)(=O)c1ccc(C)cc1. The van der Waals surface area contributed by atoms with Gasteiger partial charge >= 0.3 is 0 Å². The number of unbranched alkanes of at least 4 members (excludes halogenated alkanes) is 2. The van der Waals surface area contributed by atoms with Gasteiger partial charge in [0, 0.05) is 0 Å². The number of aryl methyl sites for hydroxylation is 2. The van der Waals surface area contributed by atoms with Gasteiger partial charge in [-0.05, 0) is 63.8 Å². The van der Waals surface area contributed by atoms with E-state index in [0.29, 0.717) is 6.42 Å². The zero-order valence-electron chi connectivity index (χ0n) is 18.0. The molecule has 0 heterocycles. The van der Waals surface area contributed by atoms with Gasteiger partial charge in [0.2, 0.25) is 0 Å². The first-order valence-corrected chi connectivity index (χ1v) is 13.0. The van der Waals surface area contributed by atoms with Gasteiger partial charge in [-0.1, -0.05) is 47.9 Å². The normalized spacial score (nSPS) is 13.1. The van der Waals surface area contributed by atoms with Crippen molar-refractivity contribution in [1.82, 2.24) is 0 Å². The van der Waals surface area contributed by atoms with Crippen LogP contribution in [0, 0.1) is 13.8 Å². The van der Waals surface area contributed by atoms with E-state index in [1.54, 1.807) is 30.3 Å². The predicted octanol–water partition coefficient (Wildman–Crippen LogP) is 4.92. The zero-order valence-corrected chi connectivity index (χ0v) is 19.6. The van der Waals surface area contributed by atoms with Crippen LogP contribution in [0.5, 0.6) is 0 Å². The Bertz CT molecular complexity index is 1040. The second-order valence-corrected chi connectivity index (χ2v) is 10.6. The molecule has 0 N–H and O–H groups in total. The lowest BCUT2D eigenvalue weighted by molar-refractivity contribution is 0.158. The Morgan fingerprint density at radius 3 is 1.84 bits per heavy atom. The summed E-state index contributed by atoms with van der Waals surface area (Å²) in [6.45, 7) is 7.23. The average Bonchev–Trinajstić information content (AvgIpc) is 2.71. The van der Waals surface area contributed by atoms with Gasteiger partial charge in [-0.25, -0.2) is 0 Å². The van der Waals surface area contributed by atoms with Crippen LogP contribution in [-0.4, -0.2) is 29.5 Å². The molecule has 0 amide bonds. The molecule has 2 aromatic carbocycles. The van der Waals surface area contributed by atoms with Crippen molar-refractivity contribution in [3.05, 3.63) is 72.3 Å². The minimum Gasteiger partial charge on any atom is -0.266 e. The molecule has 2 rings (SSSR count). The first-order valence-electron chi connectivity index (χ1n) is 10.2. The lowest BCUT2D eigenvalue weighted by atomic mass is 10.1. The van der Waals surface area contributed by atoms with Crippen LogP contribution < -0.4 is 0 Å². The Balaban J connectivity index is 2.04. The summed E-state index contributed by atoms with van der Waals surface area (Å²) in [5, 5.41) is 0. The van der Waals surface area contributed by atoms with Gasteiger partial charge in [0.1, 0.15) is 0 Å². The third kappa shape index (κ3) is 8.22. The van der Waals surface area contributed by atoms with Gasteiger partial charge in [0.05, 0.1) is 22.5 Å². The maximum Gasteiger partial charge on any atom is 0.297 e. The van der Waals surface area contributed by atoms with Crippen molar-refractivity contribution in [2.45, 2.75) is 61.8 Å². The second-order valence-electron chi connectivity index (χ2n) is 7.44. The van der Waals surface area contributed by atoms with Crippen LogP contribution >= 0.6 is 0 Å². The fraction of sp³-hybridized carbons (Fsp3) is 0.391. The van der Waals surface area contributed by atoms with Gasteiger partial charge in [0.15, 0.2) is 0 Å². The van der Waals surface area contributed by atoms with Crippen molar-refractivity contribution >= 4 is 20.2 Å². The summed E-state index contributed by atoms with van der Waals surface area (Å²) in [5.74, 6) is 0. The predicted molar refractivity (Wildman–Crippen MR) is 121 cm³/mol. The summed E-state index contributed by atoms with van der Waals surface area (Å²) in [7, 11) is -7.89. The molecule has 0 radical (unpaired) electrons. The van der Waals surface area contributed by atoms with E-state index in [9.17, 15) is 16.8 Å². The molecule has 0 saturated heterocycles. The highest BCUT2D eigenvalue weighted by Gasteiger charge is 2.23. The molecule has 8 heteroatoms. The third-order valence-electron chi connectivity index (χ3n) is 4.74. The molecule has 0 fully saturated rings. The Morgan fingerprint density at radius 1 is 0.806 bits per heavy atom. The highest BCUT2D eigenvalue weighted by atomic mass is 32.2. The highest BCUT2D eigenvalue weighted by Crippen LogP contribution is 2.21. The zero-order chi connectivity index (χ0) is 22.9. The molecule has 0 aliphatic rings. The number of allylic oxidation sites excluding steroid dienone is 1. The van der Waals surface area contributed by atoms with Crippen LogP contribution in [-0.2, 0) is 28.6 Å². The van der Waals surface area contributed by atoms with Gasteiger partial charge in [-0.15, -0.1) is 6.58 Å². The molecule has 1 unspecified atom stereocenters. The Kier molecular flexibility index (Phi) is 9.43. The van der Waals surface area contributed by atoms with E-state index in [2.05, 4.69) is 6.58 Å². The van der Waals surface area contributed by atoms with Gasteiger partial charge in [-0.3, -0.25) is 8.37 Å². The van der Waals surface area contributed by atoms with Crippen LogP contribution in [0.25, 0.3) is 0 Å². The topological polar surface area (TPSA) is 86.7 Å². The maximum absolute atomic E-state index is 12.7. The summed E-state index contributed by atoms with van der Waals surface area (Å²) < 4.78 is 60.6. The number of hydrogen-bond donors (Lipinski definition) is 0. The molecule has 170 valence electrons. The van der Waals surface area contributed by atoms with Gasteiger partial charge in [-0.2, -0.15) is 16.8 Å². The molecule has 6 nitrogen and oxygen atoms in total. The molecule has 0 bridgehead atoms. The number of rotatable bonds is 13. The molecular formula is C23H30O6S2. The van der Waals surface area contributed by atoms with E-state index in [4.69, 9.17) is 8.37 Å². The first-order chi connectivity index (χ1) is 14.6. The van der Waals surface area contributed by atoms with Crippen LogP contribution in [0.4, 0.5) is 0 Å². The Morgan fingerprint density at radius 2 is 1.32 bits per heavy atom. The van der Waals surface area contributed by atoms with Crippen molar-refractivity contribution < 1.29 is 25.2 Å². The molecule has 0 aromatic heterocycles. The van der Waals surface area contributed by atoms with Crippen molar-refractivity contribution in [2.24, 2.45) is 0 Å². The Labute approximate surface area is 186 Å². The van der Waals surface area contributed by atoms with Crippen LogP contribution in [0.1, 0.15) is 43.2 Å². The van der Waals surface area contributed by atoms with E-state index in [1.165, 1.54) is 24.3 Å². The largest absolute Gasteiger partial charge is 0.297 e. The fourth-order valence-electron chi connectivity index (χ4n) is 2.90. The molecule has 0 aliphatic carbocycles. The molecule has 2 aromatic rings. The third-order valence-corrected chi connectivity index (χ3v) is 7.45. The summed E-state index contributed by atoms with van der Waals surface area (Å²) in [4.78, 5) is 0.135. The maximum atomic E-state index is 12.7. The van der Waals surface area contributed by atoms with E-state index >= 15 is 0 Å². The van der Waals surface area contributed by atoms with Crippen LogP contribution in [0.3, 0.4) is 0 Å². The van der Waals surface area contributed by atoms with E-state index in [1.807, 2.05) is 13.8 Å². The van der Waals surface area contributed by atoms with Crippen LogP contribution in [0.2, 0.25) is 0 Å². The van der Waals surface area contributed by atoms with Gasteiger partial charge in [0.25, 0.3) is 20.2 Å². The van der Waals surface area contributed by atoms with Crippen molar-refractivity contribution in [3.63, 3.8) is 0 Å². The standard InChI is InChI=1S/C23H30O6S2/c1-4-5-6-7-8-21(29-31(26,27)23-15-11-20(3)12-16-23)17-18-28-30(24,25)22-13-9-19(2)10-14-22/h4,9-16,21H,1,5-8,17-18H2,2-3H3. The van der Waals surface area contributed by atoms with E-state index in [-0.39, 0.29) is 22.8 Å². The van der Waals surface area contributed by atoms with Crippen molar-refractivity contribution in [2.75, 3.05) is 6.61 Å².